The summed E-state index contributed by atoms with van der Waals surface area (Å²) in [7, 11) is 0. The number of rotatable bonds is 21. The van der Waals surface area contributed by atoms with Crippen molar-refractivity contribution in [2.45, 2.75) is 136 Å². The molecule has 0 aliphatic rings. The molecule has 1 rings (SSSR count). The molecule has 0 fully saturated rings. The Morgan fingerprint density at radius 3 is 1.66 bits per heavy atom. The molecular formula is C30H51F3O2. The van der Waals surface area contributed by atoms with Crippen LogP contribution in [0.1, 0.15) is 123 Å². The van der Waals surface area contributed by atoms with Crippen LogP contribution in [-0.4, -0.2) is 25.5 Å². The number of hydrogen-bond acceptors (Lipinski definition) is 2. The Morgan fingerprint density at radius 2 is 1.17 bits per heavy atom. The van der Waals surface area contributed by atoms with Crippen LogP contribution in [0.15, 0.2) is 30.3 Å². The maximum Gasteiger partial charge on any atom is 0.389 e. The van der Waals surface area contributed by atoms with Gasteiger partial charge in [-0.05, 0) is 30.2 Å². The van der Waals surface area contributed by atoms with Crippen molar-refractivity contribution >= 4 is 0 Å². The van der Waals surface area contributed by atoms with Crippen molar-refractivity contribution in [2.75, 3.05) is 13.2 Å². The highest BCUT2D eigenvalue weighted by Crippen LogP contribution is 2.24. The van der Waals surface area contributed by atoms with E-state index in [1.54, 1.807) is 0 Å². The van der Waals surface area contributed by atoms with E-state index in [2.05, 4.69) is 32.9 Å². The SMILES string of the molecule is CC(C)(C)CC(COCCCCCCCCCCCCCCCC(F)(F)F)OCc1ccccc1. The molecule has 0 spiro atoms. The maximum absolute atomic E-state index is 12.1. The summed E-state index contributed by atoms with van der Waals surface area (Å²) >= 11 is 0. The molecule has 1 aromatic carbocycles. The van der Waals surface area contributed by atoms with Crippen LogP contribution in [0.3, 0.4) is 0 Å². The highest BCUT2D eigenvalue weighted by Gasteiger charge is 2.25. The van der Waals surface area contributed by atoms with Gasteiger partial charge in [0.25, 0.3) is 0 Å². The van der Waals surface area contributed by atoms with Gasteiger partial charge in [0.05, 0.1) is 19.3 Å². The van der Waals surface area contributed by atoms with E-state index >= 15 is 0 Å². The molecule has 1 aromatic rings. The van der Waals surface area contributed by atoms with Crippen LogP contribution in [0.25, 0.3) is 0 Å². The Kier molecular flexibility index (Phi) is 17.4. The van der Waals surface area contributed by atoms with Crippen molar-refractivity contribution in [3.8, 4) is 0 Å². The second-order valence-corrected chi connectivity index (χ2v) is 11.2. The molecule has 2 nitrogen and oxygen atoms in total. The average Bonchev–Trinajstić information content (AvgIpc) is 2.78. The zero-order chi connectivity index (χ0) is 25.8. The molecule has 0 heterocycles. The van der Waals surface area contributed by atoms with Gasteiger partial charge in [-0.3, -0.25) is 0 Å². The third-order valence-corrected chi connectivity index (χ3v) is 6.22. The molecule has 1 atom stereocenters. The van der Waals surface area contributed by atoms with Crippen molar-refractivity contribution in [3.05, 3.63) is 35.9 Å². The predicted molar refractivity (Wildman–Crippen MR) is 141 cm³/mol. The van der Waals surface area contributed by atoms with E-state index in [1.165, 1.54) is 50.5 Å². The number of unbranched alkanes of at least 4 members (excludes halogenated alkanes) is 12. The summed E-state index contributed by atoms with van der Waals surface area (Å²) in [4.78, 5) is 0. The molecule has 0 bridgehead atoms. The Morgan fingerprint density at radius 1 is 0.686 bits per heavy atom. The predicted octanol–water partition coefficient (Wildman–Crippen LogP) is 10.0. The van der Waals surface area contributed by atoms with Crippen LogP contribution < -0.4 is 0 Å². The Labute approximate surface area is 213 Å². The van der Waals surface area contributed by atoms with Gasteiger partial charge < -0.3 is 9.47 Å². The molecule has 0 aromatic heterocycles. The molecule has 35 heavy (non-hydrogen) atoms. The lowest BCUT2D eigenvalue weighted by atomic mass is 9.89. The Bertz CT molecular complexity index is 596. The van der Waals surface area contributed by atoms with E-state index < -0.39 is 12.6 Å². The van der Waals surface area contributed by atoms with Crippen LogP contribution in [0.4, 0.5) is 13.2 Å². The summed E-state index contributed by atoms with van der Waals surface area (Å²) in [5, 5.41) is 0. The standard InChI is InChI=1S/C30H51F3O2/c1-29(2,3)24-28(35-25-27-20-16-15-17-21-27)26-34-23-19-14-12-10-8-6-4-5-7-9-11-13-18-22-30(31,32)33/h15-17,20-21,28H,4-14,18-19,22-26H2,1-3H3. The molecule has 0 amide bonds. The zero-order valence-corrected chi connectivity index (χ0v) is 22.6. The number of alkyl halides is 3. The molecule has 0 saturated carbocycles. The fourth-order valence-electron chi connectivity index (χ4n) is 4.33. The van der Waals surface area contributed by atoms with E-state index in [0.717, 1.165) is 38.7 Å². The van der Waals surface area contributed by atoms with Gasteiger partial charge in [0.1, 0.15) is 0 Å². The summed E-state index contributed by atoms with van der Waals surface area (Å²) in [6, 6.07) is 10.3. The first-order chi connectivity index (χ1) is 16.7. The summed E-state index contributed by atoms with van der Waals surface area (Å²) in [5.74, 6) is 0. The van der Waals surface area contributed by atoms with Crippen molar-refractivity contribution in [2.24, 2.45) is 5.41 Å². The van der Waals surface area contributed by atoms with E-state index in [-0.39, 0.29) is 17.9 Å². The topological polar surface area (TPSA) is 18.5 Å². The number of halogens is 3. The maximum atomic E-state index is 12.1. The number of ether oxygens (including phenoxy) is 2. The summed E-state index contributed by atoms with van der Waals surface area (Å²) in [6.45, 7) is 8.83. The smallest absolute Gasteiger partial charge is 0.379 e. The van der Waals surface area contributed by atoms with E-state index in [1.807, 2.05) is 18.2 Å². The minimum absolute atomic E-state index is 0.120. The quantitative estimate of drug-likeness (QED) is 0.156. The normalized spacial score (nSPS) is 13.3. The first-order valence-electron chi connectivity index (χ1n) is 14.0. The van der Waals surface area contributed by atoms with Crippen LogP contribution in [0.5, 0.6) is 0 Å². The Balaban J connectivity index is 1.93. The van der Waals surface area contributed by atoms with Gasteiger partial charge in [-0.25, -0.2) is 0 Å². The second kappa shape index (κ2) is 19.1. The number of benzene rings is 1. The third kappa shape index (κ3) is 21.9. The van der Waals surface area contributed by atoms with Gasteiger partial charge in [-0.15, -0.1) is 0 Å². The molecule has 1 unspecified atom stereocenters. The van der Waals surface area contributed by atoms with E-state index in [0.29, 0.717) is 19.6 Å². The lowest BCUT2D eigenvalue weighted by molar-refractivity contribution is -0.135. The average molecular weight is 501 g/mol. The molecule has 0 N–H and O–H groups in total. The van der Waals surface area contributed by atoms with Crippen molar-refractivity contribution in [1.29, 1.82) is 0 Å². The van der Waals surface area contributed by atoms with Crippen molar-refractivity contribution in [1.82, 2.24) is 0 Å². The van der Waals surface area contributed by atoms with E-state index in [9.17, 15) is 13.2 Å². The zero-order valence-electron chi connectivity index (χ0n) is 22.6. The van der Waals surface area contributed by atoms with Gasteiger partial charge in [0, 0.05) is 13.0 Å². The largest absolute Gasteiger partial charge is 0.389 e. The minimum atomic E-state index is -3.99. The monoisotopic (exact) mass is 500 g/mol. The van der Waals surface area contributed by atoms with Gasteiger partial charge in [0.15, 0.2) is 0 Å². The van der Waals surface area contributed by atoms with Gasteiger partial charge in [0.2, 0.25) is 0 Å². The van der Waals surface area contributed by atoms with Crippen molar-refractivity contribution < 1.29 is 22.6 Å². The molecule has 0 saturated heterocycles. The van der Waals surface area contributed by atoms with Crippen LogP contribution in [0.2, 0.25) is 0 Å². The van der Waals surface area contributed by atoms with Gasteiger partial charge in [-0.2, -0.15) is 13.2 Å². The molecule has 0 radical (unpaired) electrons. The first-order valence-corrected chi connectivity index (χ1v) is 14.0. The van der Waals surface area contributed by atoms with Crippen molar-refractivity contribution in [3.63, 3.8) is 0 Å². The lowest BCUT2D eigenvalue weighted by Gasteiger charge is -2.26. The minimum Gasteiger partial charge on any atom is -0.379 e. The molecule has 0 aliphatic carbocycles. The molecular weight excluding hydrogens is 449 g/mol. The van der Waals surface area contributed by atoms with E-state index in [4.69, 9.17) is 9.47 Å². The third-order valence-electron chi connectivity index (χ3n) is 6.22. The molecule has 5 heteroatoms. The summed E-state index contributed by atoms with van der Waals surface area (Å²) in [6.07, 6.45) is 10.6. The number of hydrogen-bond donors (Lipinski definition) is 0. The fourth-order valence-corrected chi connectivity index (χ4v) is 4.33. The fraction of sp³-hybridized carbons (Fsp3) is 0.800. The summed E-state index contributed by atoms with van der Waals surface area (Å²) < 4.78 is 48.4. The highest BCUT2D eigenvalue weighted by molar-refractivity contribution is 5.13. The van der Waals surface area contributed by atoms with Crippen LogP contribution >= 0.6 is 0 Å². The second-order valence-electron chi connectivity index (χ2n) is 11.2. The molecule has 204 valence electrons. The van der Waals surface area contributed by atoms with Gasteiger partial charge >= 0.3 is 6.18 Å². The van der Waals surface area contributed by atoms with Gasteiger partial charge in [-0.1, -0.05) is 122 Å². The van der Waals surface area contributed by atoms with Crippen LogP contribution in [-0.2, 0) is 16.1 Å². The molecule has 0 aliphatic heterocycles. The first kappa shape index (κ1) is 32.0. The highest BCUT2D eigenvalue weighted by atomic mass is 19.4. The Hall–Kier alpha value is -1.07. The lowest BCUT2D eigenvalue weighted by Crippen LogP contribution is -2.26. The summed E-state index contributed by atoms with van der Waals surface area (Å²) in [5.41, 5.74) is 1.41. The van der Waals surface area contributed by atoms with Crippen LogP contribution in [0, 0.1) is 5.41 Å².